The van der Waals surface area contributed by atoms with Crippen molar-refractivity contribution in [2.24, 2.45) is 0 Å². The van der Waals surface area contributed by atoms with Crippen LogP contribution in [0.15, 0.2) is 4.60 Å². The van der Waals surface area contributed by atoms with Gasteiger partial charge in [-0.15, -0.1) is 0 Å². The molecule has 4 heteroatoms. The Hall–Kier alpha value is -0.770. The molecule has 2 rings (SSSR count). The predicted molar refractivity (Wildman–Crippen MR) is 53.9 cm³/mol. The number of aromatic nitrogens is 1. The second-order valence-corrected chi connectivity index (χ2v) is 4.29. The van der Waals surface area contributed by atoms with Gasteiger partial charge in [-0.1, -0.05) is 0 Å². The molecule has 0 aliphatic carbocycles. The molecule has 0 fully saturated rings. The average Bonchev–Trinajstić information content (AvgIpc) is 2.27. The Bertz CT molecular complexity index is 370. The number of nitrogens with one attached hydrogen (secondary N) is 2. The number of aromatic amines is 1. The van der Waals surface area contributed by atoms with E-state index in [4.69, 9.17) is 0 Å². The third-order valence-corrected chi connectivity index (χ3v) is 3.03. The van der Waals surface area contributed by atoms with Crippen LogP contribution in [0.3, 0.4) is 0 Å². The van der Waals surface area contributed by atoms with Crippen molar-refractivity contribution in [1.82, 2.24) is 10.3 Å². The molecule has 0 saturated heterocycles. The minimum absolute atomic E-state index is 0.0354. The van der Waals surface area contributed by atoms with Crippen molar-refractivity contribution in [2.45, 2.75) is 26.3 Å². The van der Waals surface area contributed by atoms with E-state index >= 15 is 0 Å². The normalized spacial score (nSPS) is 21.2. The van der Waals surface area contributed by atoms with Crippen LogP contribution in [-0.4, -0.2) is 16.9 Å². The van der Waals surface area contributed by atoms with E-state index in [0.717, 1.165) is 27.8 Å². The molecule has 0 bridgehead atoms. The molecule has 0 aromatic carbocycles. The second kappa shape index (κ2) is 2.87. The third-order valence-electron chi connectivity index (χ3n) is 2.35. The van der Waals surface area contributed by atoms with Crippen LogP contribution in [0.4, 0.5) is 0 Å². The van der Waals surface area contributed by atoms with E-state index in [9.17, 15) is 4.79 Å². The van der Waals surface area contributed by atoms with Crippen molar-refractivity contribution in [2.75, 3.05) is 0 Å². The van der Waals surface area contributed by atoms with E-state index in [1.807, 2.05) is 13.8 Å². The fourth-order valence-electron chi connectivity index (χ4n) is 1.79. The summed E-state index contributed by atoms with van der Waals surface area (Å²) in [5.74, 6) is 0.0354. The summed E-state index contributed by atoms with van der Waals surface area (Å²) in [4.78, 5) is 14.7. The maximum atomic E-state index is 11.6. The Balaban J connectivity index is 2.57. The van der Waals surface area contributed by atoms with Gasteiger partial charge in [0, 0.05) is 11.7 Å². The van der Waals surface area contributed by atoms with Gasteiger partial charge in [-0.25, -0.2) is 0 Å². The second-order valence-electron chi connectivity index (χ2n) is 3.50. The molecule has 70 valence electrons. The molecule has 1 unspecified atom stereocenters. The molecule has 1 amide bonds. The quantitative estimate of drug-likeness (QED) is 0.716. The number of amides is 1. The van der Waals surface area contributed by atoms with Gasteiger partial charge in [0.2, 0.25) is 0 Å². The highest BCUT2D eigenvalue weighted by Crippen LogP contribution is 2.27. The molecular formula is C9H11BrN2O. The number of hydrogen-bond acceptors (Lipinski definition) is 1. The van der Waals surface area contributed by atoms with Crippen molar-refractivity contribution in [3.8, 4) is 0 Å². The number of halogens is 1. The summed E-state index contributed by atoms with van der Waals surface area (Å²) in [7, 11) is 0. The minimum atomic E-state index is 0.0354. The topological polar surface area (TPSA) is 44.9 Å². The Morgan fingerprint density at radius 2 is 2.23 bits per heavy atom. The van der Waals surface area contributed by atoms with Crippen molar-refractivity contribution in [3.63, 3.8) is 0 Å². The van der Waals surface area contributed by atoms with Crippen molar-refractivity contribution in [3.05, 3.63) is 21.4 Å². The van der Waals surface area contributed by atoms with Gasteiger partial charge in [-0.05, 0) is 41.8 Å². The van der Waals surface area contributed by atoms with E-state index in [1.165, 1.54) is 0 Å². The van der Waals surface area contributed by atoms with Crippen LogP contribution in [0.25, 0.3) is 0 Å². The monoisotopic (exact) mass is 242 g/mol. The molecule has 1 aromatic rings. The maximum absolute atomic E-state index is 11.6. The minimum Gasteiger partial charge on any atom is -0.352 e. The van der Waals surface area contributed by atoms with E-state index in [2.05, 4.69) is 26.2 Å². The first kappa shape index (κ1) is 8.81. The summed E-state index contributed by atoms with van der Waals surface area (Å²) in [5.41, 5.74) is 2.85. The number of H-pyrrole nitrogens is 1. The smallest absolute Gasteiger partial charge is 0.253 e. The molecule has 2 heterocycles. The van der Waals surface area contributed by atoms with Gasteiger partial charge in [0.1, 0.15) is 0 Å². The van der Waals surface area contributed by atoms with Crippen LogP contribution < -0.4 is 5.32 Å². The summed E-state index contributed by atoms with van der Waals surface area (Å²) in [5, 5.41) is 2.91. The predicted octanol–water partition coefficient (Wildman–Crippen LogP) is 1.76. The molecule has 1 atom stereocenters. The molecular weight excluding hydrogens is 232 g/mol. The van der Waals surface area contributed by atoms with Crippen molar-refractivity contribution >= 4 is 21.8 Å². The van der Waals surface area contributed by atoms with Gasteiger partial charge >= 0.3 is 0 Å². The Morgan fingerprint density at radius 3 is 2.92 bits per heavy atom. The third kappa shape index (κ3) is 1.29. The first-order valence-corrected chi connectivity index (χ1v) is 5.06. The van der Waals surface area contributed by atoms with Gasteiger partial charge in [0.05, 0.1) is 10.2 Å². The number of aryl methyl sites for hydroxylation is 1. The average molecular weight is 243 g/mol. The van der Waals surface area contributed by atoms with Gasteiger partial charge in [0.25, 0.3) is 5.91 Å². The highest BCUT2D eigenvalue weighted by molar-refractivity contribution is 9.10. The summed E-state index contributed by atoms with van der Waals surface area (Å²) in [6, 6.07) is 0.228. The molecule has 1 aromatic heterocycles. The fraction of sp³-hybridized carbons (Fsp3) is 0.444. The number of fused-ring (bicyclic) bond motifs is 1. The molecule has 0 spiro atoms. The SMILES string of the molecule is Cc1[nH]c(Br)c2c1C(=O)NC(C)C2. The molecule has 3 nitrogen and oxygen atoms in total. The van der Waals surface area contributed by atoms with E-state index < -0.39 is 0 Å². The lowest BCUT2D eigenvalue weighted by Gasteiger charge is -2.20. The standard InChI is InChI=1S/C9H11BrN2O/c1-4-3-6-7(9(13)11-4)5(2)12-8(6)10/h4,12H,3H2,1-2H3,(H,11,13). The van der Waals surface area contributed by atoms with E-state index in [-0.39, 0.29) is 11.9 Å². The molecule has 2 N–H and O–H groups in total. The van der Waals surface area contributed by atoms with Gasteiger partial charge in [0.15, 0.2) is 0 Å². The van der Waals surface area contributed by atoms with Gasteiger partial charge < -0.3 is 10.3 Å². The van der Waals surface area contributed by atoms with Gasteiger partial charge in [-0.2, -0.15) is 0 Å². The summed E-state index contributed by atoms with van der Waals surface area (Å²) >= 11 is 3.42. The highest BCUT2D eigenvalue weighted by Gasteiger charge is 2.26. The Labute approximate surface area is 85.0 Å². The molecule has 13 heavy (non-hydrogen) atoms. The fourth-order valence-corrected chi connectivity index (χ4v) is 2.45. The molecule has 1 aliphatic rings. The van der Waals surface area contributed by atoms with Gasteiger partial charge in [-0.3, -0.25) is 4.79 Å². The summed E-state index contributed by atoms with van der Waals surface area (Å²) in [6.07, 6.45) is 0.895. The number of hydrogen-bond donors (Lipinski definition) is 2. The van der Waals surface area contributed by atoms with E-state index in [0.29, 0.717) is 0 Å². The molecule has 1 aliphatic heterocycles. The zero-order valence-corrected chi connectivity index (χ0v) is 9.16. The number of rotatable bonds is 0. The summed E-state index contributed by atoms with van der Waals surface area (Å²) < 4.78 is 0.946. The lowest BCUT2D eigenvalue weighted by atomic mass is 9.99. The Kier molecular flexibility index (Phi) is 1.95. The van der Waals surface area contributed by atoms with Crippen LogP contribution in [0.2, 0.25) is 0 Å². The number of carbonyl (C=O) groups is 1. The van der Waals surface area contributed by atoms with Crippen LogP contribution >= 0.6 is 15.9 Å². The van der Waals surface area contributed by atoms with Crippen LogP contribution in [-0.2, 0) is 6.42 Å². The largest absolute Gasteiger partial charge is 0.352 e. The molecule has 0 radical (unpaired) electrons. The first-order chi connectivity index (χ1) is 6.09. The zero-order valence-electron chi connectivity index (χ0n) is 7.57. The van der Waals surface area contributed by atoms with E-state index in [1.54, 1.807) is 0 Å². The lowest BCUT2D eigenvalue weighted by Crippen LogP contribution is -2.39. The van der Waals surface area contributed by atoms with Crippen LogP contribution in [0.1, 0.15) is 28.5 Å². The summed E-state index contributed by atoms with van der Waals surface area (Å²) in [6.45, 7) is 3.93. The van der Waals surface area contributed by atoms with Crippen molar-refractivity contribution < 1.29 is 4.79 Å². The Morgan fingerprint density at radius 1 is 1.54 bits per heavy atom. The highest BCUT2D eigenvalue weighted by atomic mass is 79.9. The molecule has 0 saturated carbocycles. The maximum Gasteiger partial charge on any atom is 0.253 e. The zero-order chi connectivity index (χ0) is 9.59. The lowest BCUT2D eigenvalue weighted by molar-refractivity contribution is 0.0929. The first-order valence-electron chi connectivity index (χ1n) is 4.27. The number of carbonyl (C=O) groups excluding carboxylic acids is 1. The van der Waals surface area contributed by atoms with Crippen molar-refractivity contribution in [1.29, 1.82) is 0 Å². The van der Waals surface area contributed by atoms with Crippen LogP contribution in [0, 0.1) is 6.92 Å². The van der Waals surface area contributed by atoms with Crippen LogP contribution in [0.5, 0.6) is 0 Å².